The minimum Gasteiger partial charge on any atom is -0.381 e. The molecule has 7 nitrogen and oxygen atoms in total. The van der Waals surface area contributed by atoms with Crippen LogP contribution in [0.15, 0.2) is 29.3 Å². The van der Waals surface area contributed by atoms with Crippen molar-refractivity contribution >= 4 is 29.9 Å². The van der Waals surface area contributed by atoms with Crippen LogP contribution in [0.25, 0.3) is 0 Å². The summed E-state index contributed by atoms with van der Waals surface area (Å²) in [4.78, 5) is 7.43. The van der Waals surface area contributed by atoms with Crippen LogP contribution >= 0.6 is 24.0 Å². The third-order valence-electron chi connectivity index (χ3n) is 6.17. The number of halogens is 1. The largest absolute Gasteiger partial charge is 0.381 e. The van der Waals surface area contributed by atoms with E-state index in [9.17, 15) is 0 Å². The third kappa shape index (κ3) is 10.5. The second-order valence-corrected chi connectivity index (χ2v) is 8.71. The van der Waals surface area contributed by atoms with Gasteiger partial charge in [-0.05, 0) is 44.6 Å². The first-order valence-corrected chi connectivity index (χ1v) is 12.3. The van der Waals surface area contributed by atoms with Crippen molar-refractivity contribution < 1.29 is 14.2 Å². The highest BCUT2D eigenvalue weighted by atomic mass is 127. The molecule has 2 aliphatic rings. The molecule has 1 unspecified atom stereocenters. The third-order valence-corrected chi connectivity index (χ3v) is 6.17. The molecule has 2 N–H and O–H groups in total. The lowest BCUT2D eigenvalue weighted by Gasteiger charge is -2.34. The number of hydrogen-bond acceptors (Lipinski definition) is 5. The van der Waals surface area contributed by atoms with Crippen molar-refractivity contribution in [2.75, 3.05) is 72.4 Å². The van der Waals surface area contributed by atoms with Crippen molar-refractivity contribution in [3.05, 3.63) is 35.4 Å². The lowest BCUT2D eigenvalue weighted by molar-refractivity contribution is 0.0179. The predicted molar refractivity (Wildman–Crippen MR) is 145 cm³/mol. The Morgan fingerprint density at radius 1 is 1.09 bits per heavy atom. The van der Waals surface area contributed by atoms with Crippen LogP contribution < -0.4 is 10.6 Å². The Hall–Kier alpha value is -0.940. The molecular weight excluding hydrogens is 531 g/mol. The van der Waals surface area contributed by atoms with Gasteiger partial charge in [0.15, 0.2) is 5.96 Å². The first-order valence-electron chi connectivity index (χ1n) is 12.3. The number of morpholine rings is 1. The van der Waals surface area contributed by atoms with E-state index in [1.54, 1.807) is 0 Å². The topological polar surface area (TPSA) is 67.4 Å². The molecule has 1 aromatic carbocycles. The van der Waals surface area contributed by atoms with Gasteiger partial charge in [-0.2, -0.15) is 0 Å². The van der Waals surface area contributed by atoms with Crippen molar-refractivity contribution in [1.29, 1.82) is 0 Å². The quantitative estimate of drug-likeness (QED) is 0.183. The molecule has 0 spiro atoms. The summed E-state index contributed by atoms with van der Waals surface area (Å²) in [5, 5.41) is 6.86. The van der Waals surface area contributed by atoms with E-state index in [0.717, 1.165) is 97.6 Å². The maximum Gasteiger partial charge on any atom is 0.191 e. The van der Waals surface area contributed by atoms with Crippen LogP contribution in [0, 0.1) is 12.8 Å². The summed E-state index contributed by atoms with van der Waals surface area (Å²) >= 11 is 0. The van der Waals surface area contributed by atoms with E-state index in [0.29, 0.717) is 5.92 Å². The van der Waals surface area contributed by atoms with Crippen molar-refractivity contribution in [1.82, 2.24) is 15.5 Å². The zero-order valence-corrected chi connectivity index (χ0v) is 22.7. The van der Waals surface area contributed by atoms with Gasteiger partial charge in [0.25, 0.3) is 0 Å². The fraction of sp³-hybridized carbons (Fsp3) is 0.720. The molecule has 2 fully saturated rings. The van der Waals surface area contributed by atoms with Crippen LogP contribution in [0.4, 0.5) is 0 Å². The van der Waals surface area contributed by atoms with E-state index in [1.807, 2.05) is 0 Å². The molecular formula is C25H43IN4O3. The van der Waals surface area contributed by atoms with Gasteiger partial charge >= 0.3 is 0 Å². The number of aliphatic imine (C=N–C) groups is 1. The van der Waals surface area contributed by atoms with Crippen molar-refractivity contribution in [2.45, 2.75) is 39.2 Å². The number of benzene rings is 1. The smallest absolute Gasteiger partial charge is 0.191 e. The van der Waals surface area contributed by atoms with Crippen LogP contribution in [0.3, 0.4) is 0 Å². The number of aryl methyl sites for hydroxylation is 1. The highest BCUT2D eigenvalue weighted by Gasteiger charge is 2.22. The molecule has 0 radical (unpaired) electrons. The second-order valence-electron chi connectivity index (χ2n) is 8.71. The first-order chi connectivity index (χ1) is 15.8. The number of nitrogens with one attached hydrogen (secondary N) is 2. The van der Waals surface area contributed by atoms with Gasteiger partial charge in [0.05, 0.1) is 25.8 Å². The molecule has 2 heterocycles. The van der Waals surface area contributed by atoms with Gasteiger partial charge in [-0.3, -0.25) is 9.89 Å². The van der Waals surface area contributed by atoms with Gasteiger partial charge in [0.1, 0.15) is 0 Å². The van der Waals surface area contributed by atoms with Crippen LogP contribution in [0.2, 0.25) is 0 Å². The molecule has 8 heteroatoms. The number of rotatable bonds is 11. The molecule has 0 aromatic heterocycles. The van der Waals surface area contributed by atoms with E-state index < -0.39 is 0 Å². The predicted octanol–water partition coefficient (Wildman–Crippen LogP) is 3.37. The van der Waals surface area contributed by atoms with Crippen molar-refractivity contribution in [3.63, 3.8) is 0 Å². The van der Waals surface area contributed by atoms with Crippen LogP contribution in [-0.4, -0.2) is 83.2 Å². The van der Waals surface area contributed by atoms with Crippen LogP contribution in [0.5, 0.6) is 0 Å². The average Bonchev–Trinajstić information content (AvgIpc) is 2.83. The van der Waals surface area contributed by atoms with Gasteiger partial charge in [0.2, 0.25) is 0 Å². The Balaban J connectivity index is 0.00000385. The van der Waals surface area contributed by atoms with E-state index in [1.165, 1.54) is 11.1 Å². The Bertz CT molecular complexity index is 662. The summed E-state index contributed by atoms with van der Waals surface area (Å²) in [5.41, 5.74) is 2.60. The molecule has 2 saturated heterocycles. The molecule has 0 saturated carbocycles. The first kappa shape index (κ1) is 28.3. The molecule has 188 valence electrons. The van der Waals surface area contributed by atoms with Gasteiger partial charge in [-0.15, -0.1) is 24.0 Å². The van der Waals surface area contributed by atoms with Crippen molar-refractivity contribution in [3.8, 4) is 0 Å². The molecule has 0 bridgehead atoms. The zero-order chi connectivity index (χ0) is 22.4. The SMILES string of the molecule is CCNC(=NCC(c1ccc(C)cc1)N1CCOCC1)NCCCOCC1CCOCC1.I. The molecule has 1 atom stereocenters. The maximum absolute atomic E-state index is 5.89. The molecule has 3 rings (SSSR count). The highest BCUT2D eigenvalue weighted by molar-refractivity contribution is 14.0. The fourth-order valence-corrected chi connectivity index (χ4v) is 4.17. The van der Waals surface area contributed by atoms with Gasteiger partial charge in [-0.25, -0.2) is 0 Å². The van der Waals surface area contributed by atoms with Gasteiger partial charge in [0, 0.05) is 52.6 Å². The van der Waals surface area contributed by atoms with E-state index >= 15 is 0 Å². The van der Waals surface area contributed by atoms with E-state index in [4.69, 9.17) is 19.2 Å². The maximum atomic E-state index is 5.89. The fourth-order valence-electron chi connectivity index (χ4n) is 4.17. The van der Waals surface area contributed by atoms with Gasteiger partial charge in [-0.1, -0.05) is 29.8 Å². The minimum atomic E-state index is 0. The summed E-state index contributed by atoms with van der Waals surface area (Å²) in [6, 6.07) is 9.12. The lowest BCUT2D eigenvalue weighted by Crippen LogP contribution is -2.42. The summed E-state index contributed by atoms with van der Waals surface area (Å²) < 4.78 is 16.9. The Morgan fingerprint density at radius 2 is 1.79 bits per heavy atom. The van der Waals surface area contributed by atoms with Crippen LogP contribution in [0.1, 0.15) is 43.4 Å². The number of hydrogen-bond donors (Lipinski definition) is 2. The average molecular weight is 575 g/mol. The van der Waals surface area contributed by atoms with E-state index in [2.05, 4.69) is 53.6 Å². The standard InChI is InChI=1S/C25H42N4O3.HI/c1-3-26-25(27-11-4-14-32-20-22-9-15-30-16-10-22)28-19-24(29-12-17-31-18-13-29)23-7-5-21(2)6-8-23;/h5-8,22,24H,3-4,9-20H2,1-2H3,(H2,26,27,28);1H. The molecule has 33 heavy (non-hydrogen) atoms. The Kier molecular flexibility index (Phi) is 14.3. The molecule has 1 aromatic rings. The van der Waals surface area contributed by atoms with Gasteiger partial charge < -0.3 is 24.8 Å². The lowest BCUT2D eigenvalue weighted by atomic mass is 10.0. The molecule has 2 aliphatic heterocycles. The normalized spacial score (nSPS) is 19.0. The summed E-state index contributed by atoms with van der Waals surface area (Å²) in [6.07, 6.45) is 3.22. The number of nitrogens with zero attached hydrogens (tertiary/aromatic N) is 2. The molecule has 0 aliphatic carbocycles. The molecule has 0 amide bonds. The monoisotopic (exact) mass is 574 g/mol. The second kappa shape index (κ2) is 16.6. The van der Waals surface area contributed by atoms with Crippen molar-refractivity contribution in [2.24, 2.45) is 10.9 Å². The zero-order valence-electron chi connectivity index (χ0n) is 20.4. The highest BCUT2D eigenvalue weighted by Crippen LogP contribution is 2.23. The Labute approximate surface area is 217 Å². The Morgan fingerprint density at radius 3 is 2.48 bits per heavy atom. The summed E-state index contributed by atoms with van der Waals surface area (Å²) in [6.45, 7) is 13.5. The number of ether oxygens (including phenoxy) is 3. The minimum absolute atomic E-state index is 0. The summed E-state index contributed by atoms with van der Waals surface area (Å²) in [5.74, 6) is 1.54. The number of guanidine groups is 1. The van der Waals surface area contributed by atoms with E-state index in [-0.39, 0.29) is 30.0 Å². The summed E-state index contributed by atoms with van der Waals surface area (Å²) in [7, 11) is 0. The van der Waals surface area contributed by atoms with Crippen LogP contribution in [-0.2, 0) is 14.2 Å².